The lowest BCUT2D eigenvalue weighted by atomic mass is 10.1. The standard InChI is InChI=1S/C19H19NO4/c1-13-17(21)8-7-16-14(11-18(22)24-19(13)16)12-20-9-10-23-15-5-3-2-4-6-15/h2-8,11,20-21H,9-10,12H2,1H3. The van der Waals surface area contributed by atoms with Gasteiger partial charge in [-0.25, -0.2) is 4.79 Å². The summed E-state index contributed by atoms with van der Waals surface area (Å²) in [5, 5.41) is 13.8. The average Bonchev–Trinajstić information content (AvgIpc) is 2.59. The van der Waals surface area contributed by atoms with Gasteiger partial charge in [0, 0.05) is 30.1 Å². The van der Waals surface area contributed by atoms with Gasteiger partial charge in [-0.15, -0.1) is 0 Å². The first-order valence-corrected chi connectivity index (χ1v) is 7.79. The first kappa shape index (κ1) is 16.1. The molecule has 0 aliphatic rings. The van der Waals surface area contributed by atoms with Crippen LogP contribution in [0.2, 0.25) is 0 Å². The molecule has 0 bridgehead atoms. The molecule has 2 aromatic carbocycles. The minimum Gasteiger partial charge on any atom is -0.508 e. The Bertz CT molecular complexity index is 887. The third kappa shape index (κ3) is 3.58. The summed E-state index contributed by atoms with van der Waals surface area (Å²) in [5.74, 6) is 0.947. The van der Waals surface area contributed by atoms with Crippen LogP contribution in [-0.4, -0.2) is 18.3 Å². The van der Waals surface area contributed by atoms with Crippen molar-refractivity contribution in [2.24, 2.45) is 0 Å². The molecule has 0 aliphatic carbocycles. The number of aromatic hydroxyl groups is 1. The summed E-state index contributed by atoms with van der Waals surface area (Å²) in [6, 6.07) is 14.5. The molecule has 24 heavy (non-hydrogen) atoms. The highest BCUT2D eigenvalue weighted by atomic mass is 16.5. The molecule has 0 saturated carbocycles. The zero-order valence-electron chi connectivity index (χ0n) is 13.4. The predicted molar refractivity (Wildman–Crippen MR) is 92.5 cm³/mol. The van der Waals surface area contributed by atoms with E-state index in [1.54, 1.807) is 19.1 Å². The maximum atomic E-state index is 11.7. The summed E-state index contributed by atoms with van der Waals surface area (Å²) in [6.07, 6.45) is 0. The number of ether oxygens (including phenoxy) is 1. The molecular weight excluding hydrogens is 306 g/mol. The van der Waals surface area contributed by atoms with E-state index in [1.165, 1.54) is 6.07 Å². The summed E-state index contributed by atoms with van der Waals surface area (Å²) in [7, 11) is 0. The van der Waals surface area contributed by atoms with Gasteiger partial charge in [0.1, 0.15) is 23.7 Å². The Morgan fingerprint density at radius 2 is 1.96 bits per heavy atom. The number of aryl methyl sites for hydroxylation is 1. The Morgan fingerprint density at radius 1 is 1.17 bits per heavy atom. The van der Waals surface area contributed by atoms with Crippen LogP contribution in [0.5, 0.6) is 11.5 Å². The van der Waals surface area contributed by atoms with Crippen LogP contribution < -0.4 is 15.7 Å². The van der Waals surface area contributed by atoms with Gasteiger partial charge in [0.2, 0.25) is 0 Å². The molecule has 2 N–H and O–H groups in total. The van der Waals surface area contributed by atoms with E-state index in [4.69, 9.17) is 9.15 Å². The first-order valence-electron chi connectivity index (χ1n) is 7.79. The van der Waals surface area contributed by atoms with Gasteiger partial charge in [0.15, 0.2) is 0 Å². The zero-order valence-corrected chi connectivity index (χ0v) is 13.4. The molecule has 0 atom stereocenters. The minimum absolute atomic E-state index is 0.118. The monoisotopic (exact) mass is 325 g/mol. The van der Waals surface area contributed by atoms with Crippen LogP contribution in [0.15, 0.2) is 57.7 Å². The number of fused-ring (bicyclic) bond motifs is 1. The molecule has 0 spiro atoms. The summed E-state index contributed by atoms with van der Waals surface area (Å²) in [4.78, 5) is 11.7. The van der Waals surface area contributed by atoms with Crippen molar-refractivity contribution in [3.05, 3.63) is 70.1 Å². The largest absolute Gasteiger partial charge is 0.508 e. The topological polar surface area (TPSA) is 71.7 Å². The number of rotatable bonds is 6. The zero-order chi connectivity index (χ0) is 16.9. The van der Waals surface area contributed by atoms with E-state index in [-0.39, 0.29) is 5.75 Å². The van der Waals surface area contributed by atoms with E-state index in [9.17, 15) is 9.90 Å². The average molecular weight is 325 g/mol. The Balaban J connectivity index is 1.65. The number of hydrogen-bond acceptors (Lipinski definition) is 5. The molecule has 0 unspecified atom stereocenters. The minimum atomic E-state index is -0.423. The molecule has 124 valence electrons. The Morgan fingerprint density at radius 3 is 2.75 bits per heavy atom. The summed E-state index contributed by atoms with van der Waals surface area (Å²) in [6.45, 7) is 3.42. The SMILES string of the molecule is Cc1c(O)ccc2c(CNCCOc3ccccc3)cc(=O)oc12. The second-order valence-electron chi connectivity index (χ2n) is 5.52. The van der Waals surface area contributed by atoms with Crippen LogP contribution in [0.3, 0.4) is 0 Å². The highest BCUT2D eigenvalue weighted by Crippen LogP contribution is 2.27. The molecule has 5 nitrogen and oxygen atoms in total. The van der Waals surface area contributed by atoms with Gasteiger partial charge in [-0.1, -0.05) is 18.2 Å². The van der Waals surface area contributed by atoms with Gasteiger partial charge in [-0.3, -0.25) is 0 Å². The lowest BCUT2D eigenvalue weighted by Crippen LogP contribution is -2.21. The lowest BCUT2D eigenvalue weighted by Gasteiger charge is -2.10. The number of phenolic OH excluding ortho intramolecular Hbond substituents is 1. The van der Waals surface area contributed by atoms with Crippen molar-refractivity contribution in [2.75, 3.05) is 13.2 Å². The van der Waals surface area contributed by atoms with Crippen molar-refractivity contribution < 1.29 is 14.3 Å². The molecule has 0 amide bonds. The molecule has 3 rings (SSSR count). The third-order valence-corrected chi connectivity index (χ3v) is 3.82. The van der Waals surface area contributed by atoms with Crippen LogP contribution in [0, 0.1) is 6.92 Å². The maximum absolute atomic E-state index is 11.7. The highest BCUT2D eigenvalue weighted by Gasteiger charge is 2.10. The van der Waals surface area contributed by atoms with Crippen LogP contribution in [-0.2, 0) is 6.54 Å². The summed E-state index contributed by atoms with van der Waals surface area (Å²) in [5.41, 5.74) is 1.41. The van der Waals surface area contributed by atoms with Crippen molar-refractivity contribution in [1.29, 1.82) is 0 Å². The fourth-order valence-corrected chi connectivity index (χ4v) is 2.54. The second kappa shape index (κ2) is 7.19. The highest BCUT2D eigenvalue weighted by molar-refractivity contribution is 5.84. The van der Waals surface area contributed by atoms with Crippen molar-refractivity contribution in [3.63, 3.8) is 0 Å². The lowest BCUT2D eigenvalue weighted by molar-refractivity contribution is 0.313. The normalized spacial score (nSPS) is 10.9. The Labute approximate surface area is 139 Å². The molecular formula is C19H19NO4. The molecule has 1 aromatic heterocycles. The van der Waals surface area contributed by atoms with Crippen LogP contribution in [0.4, 0.5) is 0 Å². The van der Waals surface area contributed by atoms with Gasteiger partial charge in [0.25, 0.3) is 0 Å². The van der Waals surface area contributed by atoms with Crippen molar-refractivity contribution >= 4 is 11.0 Å². The summed E-state index contributed by atoms with van der Waals surface area (Å²) < 4.78 is 10.8. The van der Waals surface area contributed by atoms with E-state index in [1.807, 2.05) is 30.3 Å². The number of phenols is 1. The van der Waals surface area contributed by atoms with Gasteiger partial charge in [-0.2, -0.15) is 0 Å². The van der Waals surface area contributed by atoms with Crippen molar-refractivity contribution in [1.82, 2.24) is 5.32 Å². The Hall–Kier alpha value is -2.79. The molecule has 0 aliphatic heterocycles. The van der Waals surface area contributed by atoms with Crippen molar-refractivity contribution in [3.8, 4) is 11.5 Å². The third-order valence-electron chi connectivity index (χ3n) is 3.82. The fraction of sp³-hybridized carbons (Fsp3) is 0.211. The van der Waals surface area contributed by atoms with Gasteiger partial charge in [-0.05, 0) is 36.8 Å². The number of para-hydroxylation sites is 1. The van der Waals surface area contributed by atoms with Crippen LogP contribution in [0.25, 0.3) is 11.0 Å². The molecule has 0 fully saturated rings. The Kier molecular flexibility index (Phi) is 4.82. The van der Waals surface area contributed by atoms with Crippen LogP contribution in [0.1, 0.15) is 11.1 Å². The first-order chi connectivity index (χ1) is 11.6. The number of hydrogen-bond donors (Lipinski definition) is 2. The van der Waals surface area contributed by atoms with E-state index in [2.05, 4.69) is 5.32 Å². The van der Waals surface area contributed by atoms with Gasteiger partial charge >= 0.3 is 5.63 Å². The maximum Gasteiger partial charge on any atom is 0.336 e. The molecule has 0 saturated heterocycles. The van der Waals surface area contributed by atoms with Gasteiger partial charge in [0.05, 0.1) is 0 Å². The van der Waals surface area contributed by atoms with E-state index in [0.29, 0.717) is 30.8 Å². The summed E-state index contributed by atoms with van der Waals surface area (Å²) >= 11 is 0. The predicted octanol–water partition coefficient (Wildman–Crippen LogP) is 2.98. The number of nitrogens with one attached hydrogen (secondary N) is 1. The van der Waals surface area contributed by atoms with Gasteiger partial charge < -0.3 is 19.6 Å². The van der Waals surface area contributed by atoms with Crippen molar-refractivity contribution in [2.45, 2.75) is 13.5 Å². The molecule has 0 radical (unpaired) electrons. The van der Waals surface area contributed by atoms with E-state index >= 15 is 0 Å². The van der Waals surface area contributed by atoms with E-state index < -0.39 is 5.63 Å². The van der Waals surface area contributed by atoms with E-state index in [0.717, 1.165) is 16.7 Å². The molecule has 5 heteroatoms. The molecule has 1 heterocycles. The quantitative estimate of drug-likeness (QED) is 0.538. The van der Waals surface area contributed by atoms with Crippen LogP contribution >= 0.6 is 0 Å². The smallest absolute Gasteiger partial charge is 0.336 e. The fourth-order valence-electron chi connectivity index (χ4n) is 2.54. The molecule has 3 aromatic rings. The number of benzene rings is 2. The second-order valence-corrected chi connectivity index (χ2v) is 5.52.